The van der Waals surface area contributed by atoms with Gasteiger partial charge in [0.1, 0.15) is 0 Å². The zero-order valence-corrected chi connectivity index (χ0v) is 8.01. The van der Waals surface area contributed by atoms with Gasteiger partial charge in [0.05, 0.1) is 17.6 Å². The first kappa shape index (κ1) is 9.47. The van der Waals surface area contributed by atoms with Gasteiger partial charge in [0.2, 0.25) is 9.05 Å². The van der Waals surface area contributed by atoms with E-state index in [0.717, 1.165) is 5.69 Å². The molecule has 0 unspecified atom stereocenters. The second-order valence-electron chi connectivity index (χ2n) is 2.34. The Bertz CT molecular complexity index is 359. The summed E-state index contributed by atoms with van der Waals surface area (Å²) in [5.41, 5.74) is 0.749. The van der Waals surface area contributed by atoms with Crippen molar-refractivity contribution < 1.29 is 8.42 Å². The summed E-state index contributed by atoms with van der Waals surface area (Å²) in [5, 5.41) is 7.24. The van der Waals surface area contributed by atoms with E-state index in [1.165, 1.54) is 10.9 Å². The predicted molar refractivity (Wildman–Crippen MR) is 44.3 cm³/mol. The van der Waals surface area contributed by atoms with Gasteiger partial charge < -0.3 is 0 Å². The summed E-state index contributed by atoms with van der Waals surface area (Å²) in [6.07, 6.45) is 1.86. The zero-order chi connectivity index (χ0) is 9.19. The molecule has 0 spiro atoms. The van der Waals surface area contributed by atoms with Gasteiger partial charge in [-0.1, -0.05) is 5.21 Å². The lowest BCUT2D eigenvalue weighted by molar-refractivity contribution is 0.606. The maximum absolute atomic E-state index is 10.6. The molecule has 0 bridgehead atoms. The van der Waals surface area contributed by atoms with Crippen LogP contribution in [0.4, 0.5) is 0 Å². The molecule has 5 nitrogen and oxygen atoms in total. The first-order chi connectivity index (χ1) is 5.49. The second kappa shape index (κ2) is 3.40. The summed E-state index contributed by atoms with van der Waals surface area (Å²) in [6, 6.07) is 0. The molecule has 0 aromatic carbocycles. The lowest BCUT2D eigenvalue weighted by atomic mass is 10.4. The van der Waals surface area contributed by atoms with Crippen LogP contribution >= 0.6 is 10.7 Å². The van der Waals surface area contributed by atoms with Gasteiger partial charge in [-0.05, 0) is 0 Å². The van der Waals surface area contributed by atoms with Crippen LogP contribution in [0.15, 0.2) is 6.20 Å². The third-order valence-corrected chi connectivity index (χ3v) is 2.56. The molecule has 0 N–H and O–H groups in total. The number of hydrogen-bond acceptors (Lipinski definition) is 4. The predicted octanol–water partition coefficient (Wildman–Crippen LogP) is -0.0738. The molecule has 12 heavy (non-hydrogen) atoms. The summed E-state index contributed by atoms with van der Waals surface area (Å²) in [7, 11) is 3.31. The van der Waals surface area contributed by atoms with Gasteiger partial charge in [-0.2, -0.15) is 0 Å². The highest BCUT2D eigenvalue weighted by Gasteiger charge is 2.07. The molecular weight excluding hydrogens is 202 g/mol. The SMILES string of the molecule is Cn1nncc1CCS(=O)(=O)Cl. The molecule has 0 aliphatic rings. The van der Waals surface area contributed by atoms with Crippen molar-refractivity contribution in [3.63, 3.8) is 0 Å². The third kappa shape index (κ3) is 2.78. The van der Waals surface area contributed by atoms with E-state index in [0.29, 0.717) is 6.42 Å². The highest BCUT2D eigenvalue weighted by molar-refractivity contribution is 8.13. The molecule has 0 aliphatic heterocycles. The van der Waals surface area contributed by atoms with Gasteiger partial charge in [0, 0.05) is 24.2 Å². The molecule has 0 atom stereocenters. The van der Waals surface area contributed by atoms with Crippen LogP contribution in [-0.2, 0) is 22.5 Å². The quantitative estimate of drug-likeness (QED) is 0.654. The number of halogens is 1. The van der Waals surface area contributed by atoms with Gasteiger partial charge >= 0.3 is 0 Å². The largest absolute Gasteiger partial charge is 0.252 e. The molecule has 0 saturated carbocycles. The fraction of sp³-hybridized carbons (Fsp3) is 0.600. The average Bonchev–Trinajstić information content (AvgIpc) is 2.29. The summed E-state index contributed by atoms with van der Waals surface area (Å²) in [5.74, 6) is -0.0875. The van der Waals surface area contributed by atoms with Crippen LogP contribution in [0.2, 0.25) is 0 Å². The van der Waals surface area contributed by atoms with E-state index < -0.39 is 9.05 Å². The molecule has 1 aromatic heterocycles. The smallest absolute Gasteiger partial charge is 0.232 e. The number of nitrogens with zero attached hydrogens (tertiary/aromatic N) is 3. The monoisotopic (exact) mass is 209 g/mol. The van der Waals surface area contributed by atoms with E-state index >= 15 is 0 Å². The zero-order valence-electron chi connectivity index (χ0n) is 6.44. The van der Waals surface area contributed by atoms with Gasteiger partial charge in [0.25, 0.3) is 0 Å². The summed E-state index contributed by atoms with van der Waals surface area (Å²) in [4.78, 5) is 0. The van der Waals surface area contributed by atoms with Crippen LogP contribution in [0.3, 0.4) is 0 Å². The van der Waals surface area contributed by atoms with Crippen LogP contribution in [0.1, 0.15) is 5.69 Å². The molecular formula is C5H8ClN3O2S. The van der Waals surface area contributed by atoms with Crippen molar-refractivity contribution >= 4 is 19.7 Å². The number of rotatable bonds is 3. The lowest BCUT2D eigenvalue weighted by Crippen LogP contribution is -2.05. The average molecular weight is 210 g/mol. The Morgan fingerprint density at radius 1 is 1.67 bits per heavy atom. The van der Waals surface area contributed by atoms with Crippen molar-refractivity contribution in [2.24, 2.45) is 7.05 Å². The van der Waals surface area contributed by atoms with E-state index in [2.05, 4.69) is 10.3 Å². The van der Waals surface area contributed by atoms with Crippen LogP contribution in [0.25, 0.3) is 0 Å². The molecule has 7 heteroatoms. The Labute approximate surface area is 74.8 Å². The number of hydrogen-bond donors (Lipinski definition) is 0. The van der Waals surface area contributed by atoms with Crippen molar-refractivity contribution in [2.45, 2.75) is 6.42 Å². The molecule has 1 rings (SSSR count). The van der Waals surface area contributed by atoms with E-state index in [1.807, 2.05) is 0 Å². The molecule has 0 aliphatic carbocycles. The van der Waals surface area contributed by atoms with Crippen molar-refractivity contribution in [3.8, 4) is 0 Å². The summed E-state index contributed by atoms with van der Waals surface area (Å²) < 4.78 is 22.6. The Morgan fingerprint density at radius 2 is 2.33 bits per heavy atom. The highest BCUT2D eigenvalue weighted by atomic mass is 35.7. The van der Waals surface area contributed by atoms with Crippen molar-refractivity contribution in [2.75, 3.05) is 5.75 Å². The lowest BCUT2D eigenvalue weighted by Gasteiger charge is -1.96. The first-order valence-electron chi connectivity index (χ1n) is 3.25. The summed E-state index contributed by atoms with van der Waals surface area (Å²) in [6.45, 7) is 0. The second-order valence-corrected chi connectivity index (χ2v) is 5.24. The van der Waals surface area contributed by atoms with Gasteiger partial charge in [0.15, 0.2) is 0 Å². The van der Waals surface area contributed by atoms with E-state index in [4.69, 9.17) is 10.7 Å². The Balaban J connectivity index is 2.61. The molecule has 68 valence electrons. The Hall–Kier alpha value is -0.620. The van der Waals surface area contributed by atoms with Gasteiger partial charge in [-0.15, -0.1) is 5.10 Å². The van der Waals surface area contributed by atoms with Crippen molar-refractivity contribution in [1.29, 1.82) is 0 Å². The van der Waals surface area contributed by atoms with E-state index in [-0.39, 0.29) is 5.75 Å². The standard InChI is InChI=1S/C5H8ClN3O2S/c1-9-5(4-7-8-9)2-3-12(6,10)11/h4H,2-3H2,1H3. The normalized spacial score (nSPS) is 11.8. The third-order valence-electron chi connectivity index (χ3n) is 1.41. The molecule has 1 aromatic rings. The highest BCUT2D eigenvalue weighted by Crippen LogP contribution is 2.02. The van der Waals surface area contributed by atoms with Crippen LogP contribution in [-0.4, -0.2) is 29.2 Å². The molecule has 0 fully saturated rings. The number of aryl methyl sites for hydroxylation is 2. The van der Waals surface area contributed by atoms with Crippen molar-refractivity contribution in [1.82, 2.24) is 15.0 Å². The molecule has 0 saturated heterocycles. The maximum atomic E-state index is 10.6. The van der Waals surface area contributed by atoms with E-state index in [1.54, 1.807) is 7.05 Å². The minimum absolute atomic E-state index is 0.0875. The van der Waals surface area contributed by atoms with E-state index in [9.17, 15) is 8.42 Å². The minimum Gasteiger partial charge on any atom is -0.252 e. The molecule has 0 amide bonds. The topological polar surface area (TPSA) is 64.8 Å². The van der Waals surface area contributed by atoms with Crippen LogP contribution < -0.4 is 0 Å². The Kier molecular flexibility index (Phi) is 2.69. The Morgan fingerprint density at radius 3 is 2.75 bits per heavy atom. The van der Waals surface area contributed by atoms with Gasteiger partial charge in [-0.3, -0.25) is 4.68 Å². The molecule has 1 heterocycles. The van der Waals surface area contributed by atoms with Crippen LogP contribution in [0, 0.1) is 0 Å². The van der Waals surface area contributed by atoms with Gasteiger partial charge in [-0.25, -0.2) is 8.42 Å². The summed E-state index contributed by atoms with van der Waals surface area (Å²) >= 11 is 0. The first-order valence-corrected chi connectivity index (χ1v) is 5.73. The van der Waals surface area contributed by atoms with Crippen LogP contribution in [0.5, 0.6) is 0 Å². The minimum atomic E-state index is -3.41. The molecule has 0 radical (unpaired) electrons. The van der Waals surface area contributed by atoms with Crippen molar-refractivity contribution in [3.05, 3.63) is 11.9 Å². The fourth-order valence-electron chi connectivity index (χ4n) is 0.764. The fourth-order valence-corrected chi connectivity index (χ4v) is 1.45. The number of aromatic nitrogens is 3. The maximum Gasteiger partial charge on any atom is 0.232 e.